The Morgan fingerprint density at radius 2 is 0.727 bits per heavy atom. The summed E-state index contributed by atoms with van der Waals surface area (Å²) in [6.07, 6.45) is 6.84. The lowest BCUT2D eigenvalue weighted by Gasteiger charge is -2.32. The van der Waals surface area contributed by atoms with Gasteiger partial charge in [0, 0.05) is 0 Å². The Kier molecular flexibility index (Phi) is 8.12. The molecular formula is C20H42O2. The van der Waals surface area contributed by atoms with Crippen molar-refractivity contribution in [1.82, 2.24) is 0 Å². The van der Waals surface area contributed by atoms with Crippen molar-refractivity contribution in [1.29, 1.82) is 0 Å². The zero-order valence-corrected chi connectivity index (χ0v) is 17.1. The fraction of sp³-hybridized carbons (Fsp3) is 1.00. The first-order chi connectivity index (χ1) is 9.62. The summed E-state index contributed by atoms with van der Waals surface area (Å²) in [4.78, 5) is 11.6. The minimum Gasteiger partial charge on any atom is -0.230 e. The van der Waals surface area contributed by atoms with Gasteiger partial charge < -0.3 is 0 Å². The summed E-state index contributed by atoms with van der Waals surface area (Å²) >= 11 is 0. The van der Waals surface area contributed by atoms with E-state index in [2.05, 4.69) is 69.2 Å². The molecule has 2 nitrogen and oxygen atoms in total. The summed E-state index contributed by atoms with van der Waals surface area (Å²) in [7, 11) is 0. The van der Waals surface area contributed by atoms with E-state index >= 15 is 0 Å². The van der Waals surface area contributed by atoms with Gasteiger partial charge in [-0.25, -0.2) is 9.78 Å². The van der Waals surface area contributed by atoms with Crippen LogP contribution in [0.5, 0.6) is 0 Å². The third-order valence-electron chi connectivity index (χ3n) is 3.90. The quantitative estimate of drug-likeness (QED) is 0.339. The molecule has 0 spiro atoms. The molecule has 0 rings (SSSR count). The third kappa shape index (κ3) is 13.6. The van der Waals surface area contributed by atoms with Gasteiger partial charge in [-0.3, -0.25) is 0 Å². The smallest absolute Gasteiger partial charge is 0.0980 e. The van der Waals surface area contributed by atoms with Crippen LogP contribution in [-0.2, 0) is 9.78 Å². The van der Waals surface area contributed by atoms with E-state index in [1.165, 1.54) is 25.7 Å². The van der Waals surface area contributed by atoms with Crippen molar-refractivity contribution >= 4 is 0 Å². The fourth-order valence-electron chi connectivity index (χ4n) is 2.40. The van der Waals surface area contributed by atoms with Gasteiger partial charge in [0.1, 0.15) is 0 Å². The molecule has 134 valence electrons. The summed E-state index contributed by atoms with van der Waals surface area (Å²) in [5, 5.41) is 0. The average molecular weight is 315 g/mol. The molecule has 0 amide bonds. The summed E-state index contributed by atoms with van der Waals surface area (Å²) in [6.45, 7) is 22.2. The van der Waals surface area contributed by atoms with Crippen LogP contribution in [0, 0.1) is 10.8 Å². The van der Waals surface area contributed by atoms with Gasteiger partial charge in [0.15, 0.2) is 0 Å². The molecule has 0 N–H and O–H groups in total. The van der Waals surface area contributed by atoms with Crippen LogP contribution in [0.1, 0.15) is 108 Å². The summed E-state index contributed by atoms with van der Waals surface area (Å²) < 4.78 is 0. The molecular weight excluding hydrogens is 272 g/mol. The molecule has 0 unspecified atom stereocenters. The Bertz CT molecular complexity index is 271. The second kappa shape index (κ2) is 8.15. The largest absolute Gasteiger partial charge is 0.230 e. The minimum absolute atomic E-state index is 0.216. The maximum atomic E-state index is 5.79. The minimum atomic E-state index is -0.216. The van der Waals surface area contributed by atoms with Gasteiger partial charge in [-0.1, -0.05) is 41.5 Å². The first-order valence-electron chi connectivity index (χ1n) is 8.99. The second-order valence-corrected chi connectivity index (χ2v) is 10.5. The van der Waals surface area contributed by atoms with Crippen LogP contribution in [0.3, 0.4) is 0 Å². The van der Waals surface area contributed by atoms with E-state index < -0.39 is 0 Å². The predicted octanol–water partition coefficient (Wildman–Crippen LogP) is 6.92. The van der Waals surface area contributed by atoms with Crippen LogP contribution in [0.25, 0.3) is 0 Å². The van der Waals surface area contributed by atoms with E-state index in [1.807, 2.05) is 0 Å². The SMILES string of the molecule is CC(C)(C)CCCC(C)(C)OOC(C)(C)CCCC(C)(C)C. The Hall–Kier alpha value is -0.0800. The van der Waals surface area contributed by atoms with Crippen LogP contribution < -0.4 is 0 Å². The van der Waals surface area contributed by atoms with Crippen LogP contribution in [0.15, 0.2) is 0 Å². The number of hydrogen-bond donors (Lipinski definition) is 0. The second-order valence-electron chi connectivity index (χ2n) is 10.5. The third-order valence-corrected chi connectivity index (χ3v) is 3.90. The molecule has 0 fully saturated rings. The summed E-state index contributed by atoms with van der Waals surface area (Å²) in [5.41, 5.74) is 0.353. The van der Waals surface area contributed by atoms with E-state index in [0.29, 0.717) is 10.8 Å². The van der Waals surface area contributed by atoms with Crippen LogP contribution in [0.4, 0.5) is 0 Å². The molecule has 0 aliphatic rings. The maximum Gasteiger partial charge on any atom is 0.0980 e. The highest BCUT2D eigenvalue weighted by molar-refractivity contribution is 4.73. The van der Waals surface area contributed by atoms with Crippen LogP contribution >= 0.6 is 0 Å². The van der Waals surface area contributed by atoms with Crippen molar-refractivity contribution in [3.63, 3.8) is 0 Å². The first kappa shape index (κ1) is 21.9. The van der Waals surface area contributed by atoms with E-state index in [4.69, 9.17) is 9.78 Å². The zero-order chi connectivity index (χ0) is 17.7. The lowest BCUT2D eigenvalue weighted by Crippen LogP contribution is -2.33. The van der Waals surface area contributed by atoms with E-state index in [0.717, 1.165) is 12.8 Å². The topological polar surface area (TPSA) is 18.5 Å². The molecule has 0 radical (unpaired) electrons. The summed E-state index contributed by atoms with van der Waals surface area (Å²) in [5.74, 6) is 0. The lowest BCUT2D eigenvalue weighted by molar-refractivity contribution is -0.403. The molecule has 0 aromatic carbocycles. The molecule has 0 aromatic rings. The molecule has 2 heteroatoms. The standard InChI is InChI=1S/C20H42O2/c1-17(2,3)13-11-15-19(7,8)21-22-20(9,10)16-12-14-18(4,5)6/h11-16H2,1-10H3. The van der Waals surface area contributed by atoms with Crippen molar-refractivity contribution < 1.29 is 9.78 Å². The van der Waals surface area contributed by atoms with Crippen molar-refractivity contribution in [2.45, 2.75) is 119 Å². The molecule has 0 aliphatic heterocycles. The molecule has 0 saturated heterocycles. The van der Waals surface area contributed by atoms with Crippen molar-refractivity contribution in [3.8, 4) is 0 Å². The van der Waals surface area contributed by atoms with Gasteiger partial charge in [0.25, 0.3) is 0 Å². The van der Waals surface area contributed by atoms with E-state index in [-0.39, 0.29) is 11.2 Å². The zero-order valence-electron chi connectivity index (χ0n) is 17.1. The van der Waals surface area contributed by atoms with Gasteiger partial charge in [-0.05, 0) is 77.0 Å². The molecule has 0 atom stereocenters. The Morgan fingerprint density at radius 3 is 0.955 bits per heavy atom. The highest BCUT2D eigenvalue weighted by Crippen LogP contribution is 2.30. The Labute approximate surface area is 140 Å². The molecule has 0 heterocycles. The highest BCUT2D eigenvalue weighted by atomic mass is 17.2. The molecule has 0 saturated carbocycles. The normalized spacial score (nSPS) is 14.5. The Morgan fingerprint density at radius 1 is 0.455 bits per heavy atom. The number of hydrogen-bond acceptors (Lipinski definition) is 2. The van der Waals surface area contributed by atoms with Gasteiger partial charge in [-0.15, -0.1) is 0 Å². The van der Waals surface area contributed by atoms with Gasteiger partial charge in [0.05, 0.1) is 11.2 Å². The first-order valence-corrected chi connectivity index (χ1v) is 8.99. The van der Waals surface area contributed by atoms with Gasteiger partial charge in [-0.2, -0.15) is 0 Å². The Balaban J connectivity index is 4.10. The summed E-state index contributed by atoms with van der Waals surface area (Å²) in [6, 6.07) is 0. The molecule has 0 aromatic heterocycles. The molecule has 0 aliphatic carbocycles. The fourth-order valence-corrected chi connectivity index (χ4v) is 2.40. The number of rotatable bonds is 9. The van der Waals surface area contributed by atoms with Crippen LogP contribution in [-0.4, -0.2) is 11.2 Å². The van der Waals surface area contributed by atoms with Gasteiger partial charge >= 0.3 is 0 Å². The van der Waals surface area contributed by atoms with E-state index in [1.54, 1.807) is 0 Å². The van der Waals surface area contributed by atoms with Crippen LogP contribution in [0.2, 0.25) is 0 Å². The lowest BCUT2D eigenvalue weighted by atomic mass is 9.87. The highest BCUT2D eigenvalue weighted by Gasteiger charge is 2.27. The maximum absolute atomic E-state index is 5.79. The molecule has 0 bridgehead atoms. The van der Waals surface area contributed by atoms with E-state index in [9.17, 15) is 0 Å². The predicted molar refractivity (Wildman–Crippen MR) is 96.9 cm³/mol. The van der Waals surface area contributed by atoms with Crippen molar-refractivity contribution in [2.75, 3.05) is 0 Å². The monoisotopic (exact) mass is 314 g/mol. The average Bonchev–Trinajstić information content (AvgIpc) is 2.22. The van der Waals surface area contributed by atoms with Crippen molar-refractivity contribution in [3.05, 3.63) is 0 Å². The molecule has 22 heavy (non-hydrogen) atoms. The van der Waals surface area contributed by atoms with Gasteiger partial charge in [0.2, 0.25) is 0 Å². The van der Waals surface area contributed by atoms with Crippen molar-refractivity contribution in [2.24, 2.45) is 10.8 Å².